The molecule has 0 radical (unpaired) electrons. The summed E-state index contributed by atoms with van der Waals surface area (Å²) in [6.45, 7) is 4.29. The summed E-state index contributed by atoms with van der Waals surface area (Å²) in [4.78, 5) is 31.3. The van der Waals surface area contributed by atoms with Crippen molar-refractivity contribution in [3.05, 3.63) is 108 Å². The molecule has 0 bridgehead atoms. The lowest BCUT2D eigenvalue weighted by atomic mass is 9.93. The Morgan fingerprint density at radius 3 is 2.06 bits per heavy atom. The minimum absolute atomic E-state index is 0.158. The van der Waals surface area contributed by atoms with E-state index in [0.717, 1.165) is 12.1 Å². The minimum atomic E-state index is -1.05. The van der Waals surface area contributed by atoms with Crippen LogP contribution in [-0.4, -0.2) is 46.9 Å². The first-order chi connectivity index (χ1) is 16.1. The molecule has 0 aromatic heterocycles. The molecule has 1 aliphatic heterocycles. The van der Waals surface area contributed by atoms with Crippen LogP contribution in [-0.2, 0) is 22.6 Å². The van der Waals surface area contributed by atoms with Gasteiger partial charge in [-0.25, -0.2) is 4.79 Å². The molecule has 0 spiro atoms. The zero-order chi connectivity index (χ0) is 23.1. The molecule has 1 atom stereocenters. The van der Waals surface area contributed by atoms with Gasteiger partial charge in [0.15, 0.2) is 5.54 Å². The first-order valence-electron chi connectivity index (χ1n) is 11.5. The molecule has 0 saturated carbocycles. The quantitative estimate of drug-likeness (QED) is 0.481. The van der Waals surface area contributed by atoms with Crippen LogP contribution in [0.3, 0.4) is 0 Å². The van der Waals surface area contributed by atoms with Crippen LogP contribution < -0.4 is 0 Å². The van der Waals surface area contributed by atoms with E-state index in [2.05, 4.69) is 17.0 Å². The van der Waals surface area contributed by atoms with Crippen molar-refractivity contribution in [1.29, 1.82) is 0 Å². The molecule has 1 amide bonds. The summed E-state index contributed by atoms with van der Waals surface area (Å²) in [6.07, 6.45) is 0.532. The van der Waals surface area contributed by atoms with Crippen LogP contribution in [0, 0.1) is 0 Å². The number of benzene rings is 3. The fourth-order valence-corrected chi connectivity index (χ4v) is 4.53. The fraction of sp³-hybridized carbons (Fsp3) is 0.286. The number of likely N-dealkylation sites (tertiary alicyclic amines) is 1. The van der Waals surface area contributed by atoms with Crippen molar-refractivity contribution in [2.75, 3.05) is 19.7 Å². The molecule has 1 aliphatic rings. The summed E-state index contributed by atoms with van der Waals surface area (Å²) in [6, 6.07) is 29.2. The Balaban J connectivity index is 1.70. The highest BCUT2D eigenvalue weighted by Crippen LogP contribution is 2.33. The molecule has 33 heavy (non-hydrogen) atoms. The number of carbonyl (C=O) groups is 2. The number of hydrogen-bond acceptors (Lipinski definition) is 4. The van der Waals surface area contributed by atoms with Crippen LogP contribution in [0.1, 0.15) is 34.8 Å². The maximum atomic E-state index is 13.8. The molecule has 170 valence electrons. The van der Waals surface area contributed by atoms with E-state index in [0.29, 0.717) is 31.6 Å². The summed E-state index contributed by atoms with van der Waals surface area (Å²) >= 11 is 0. The zero-order valence-electron chi connectivity index (χ0n) is 19.0. The average molecular weight is 443 g/mol. The molecule has 0 N–H and O–H groups in total. The van der Waals surface area contributed by atoms with E-state index < -0.39 is 5.54 Å². The van der Waals surface area contributed by atoms with E-state index >= 15 is 0 Å². The van der Waals surface area contributed by atoms with Gasteiger partial charge in [0.05, 0.1) is 6.61 Å². The molecular weight excluding hydrogens is 412 g/mol. The highest BCUT2D eigenvalue weighted by molar-refractivity contribution is 5.98. The van der Waals surface area contributed by atoms with Gasteiger partial charge >= 0.3 is 5.97 Å². The Bertz CT molecular complexity index is 1060. The van der Waals surface area contributed by atoms with Gasteiger partial charge in [-0.15, -0.1) is 0 Å². The maximum Gasteiger partial charge on any atom is 0.333 e. The number of rotatable bonds is 8. The number of nitrogens with zero attached hydrogens (tertiary/aromatic N) is 2. The summed E-state index contributed by atoms with van der Waals surface area (Å²) < 4.78 is 5.57. The standard InChI is InChI=1S/C28H30N2O3/c1-2-33-27(32)28(18-19-29(22-28)20-23-12-6-3-7-13-23)30(21-24-14-8-4-9-15-24)26(31)25-16-10-5-11-17-25/h3-17H,2,18-22H2,1H3/t28-/m0/s1. The van der Waals surface area contributed by atoms with Crippen molar-refractivity contribution in [2.45, 2.75) is 32.0 Å². The third kappa shape index (κ3) is 5.15. The first kappa shape index (κ1) is 22.7. The van der Waals surface area contributed by atoms with Crippen LogP contribution in [0.2, 0.25) is 0 Å². The molecule has 0 unspecified atom stereocenters. The van der Waals surface area contributed by atoms with Crippen LogP contribution in [0.5, 0.6) is 0 Å². The van der Waals surface area contributed by atoms with E-state index in [1.54, 1.807) is 17.0 Å². The second-order valence-corrected chi connectivity index (χ2v) is 8.44. The molecule has 1 heterocycles. The molecule has 4 rings (SSSR count). The zero-order valence-corrected chi connectivity index (χ0v) is 19.0. The van der Waals surface area contributed by atoms with Gasteiger partial charge in [-0.05, 0) is 36.6 Å². The molecule has 5 nitrogen and oxygen atoms in total. The fourth-order valence-electron chi connectivity index (χ4n) is 4.53. The van der Waals surface area contributed by atoms with E-state index in [1.807, 2.05) is 73.7 Å². The number of hydrogen-bond donors (Lipinski definition) is 0. The van der Waals surface area contributed by atoms with Crippen molar-refractivity contribution in [3.8, 4) is 0 Å². The summed E-state index contributed by atoms with van der Waals surface area (Å²) in [5.41, 5.74) is 1.68. The minimum Gasteiger partial charge on any atom is -0.464 e. The van der Waals surface area contributed by atoms with Crippen molar-refractivity contribution in [1.82, 2.24) is 9.80 Å². The summed E-state index contributed by atoms with van der Waals surface area (Å²) in [7, 11) is 0. The Labute approximate surface area is 195 Å². The summed E-state index contributed by atoms with van der Waals surface area (Å²) in [5, 5.41) is 0. The third-order valence-corrected chi connectivity index (χ3v) is 6.20. The third-order valence-electron chi connectivity index (χ3n) is 6.20. The van der Waals surface area contributed by atoms with Gasteiger partial charge in [-0.1, -0.05) is 78.9 Å². The smallest absolute Gasteiger partial charge is 0.333 e. The second kappa shape index (κ2) is 10.5. The predicted molar refractivity (Wildman–Crippen MR) is 128 cm³/mol. The van der Waals surface area contributed by atoms with Crippen LogP contribution in [0.25, 0.3) is 0 Å². The molecule has 3 aromatic rings. The highest BCUT2D eigenvalue weighted by Gasteiger charge is 2.52. The van der Waals surface area contributed by atoms with Crippen molar-refractivity contribution >= 4 is 11.9 Å². The SMILES string of the molecule is CCOC(=O)[C@]1(N(Cc2ccccc2)C(=O)c2ccccc2)CCN(Cc2ccccc2)C1. The largest absolute Gasteiger partial charge is 0.464 e. The molecule has 1 fully saturated rings. The van der Waals surface area contributed by atoms with E-state index in [9.17, 15) is 9.59 Å². The van der Waals surface area contributed by atoms with Crippen LogP contribution >= 0.6 is 0 Å². The molecule has 5 heteroatoms. The highest BCUT2D eigenvalue weighted by atomic mass is 16.5. The molecule has 3 aromatic carbocycles. The number of amides is 1. The Kier molecular flexibility index (Phi) is 7.20. The average Bonchev–Trinajstić information content (AvgIpc) is 3.29. The van der Waals surface area contributed by atoms with Gasteiger partial charge in [-0.2, -0.15) is 0 Å². The summed E-state index contributed by atoms with van der Waals surface area (Å²) in [5.74, 6) is -0.491. The van der Waals surface area contributed by atoms with Gasteiger partial charge in [0, 0.05) is 31.7 Å². The van der Waals surface area contributed by atoms with Crippen molar-refractivity contribution in [2.24, 2.45) is 0 Å². The molecule has 1 saturated heterocycles. The van der Waals surface area contributed by atoms with Gasteiger partial charge in [0.1, 0.15) is 0 Å². The van der Waals surface area contributed by atoms with E-state index in [-0.39, 0.29) is 18.5 Å². The first-order valence-corrected chi connectivity index (χ1v) is 11.5. The monoisotopic (exact) mass is 442 g/mol. The van der Waals surface area contributed by atoms with Gasteiger partial charge in [0.2, 0.25) is 0 Å². The van der Waals surface area contributed by atoms with Crippen LogP contribution in [0.4, 0.5) is 0 Å². The number of carbonyl (C=O) groups excluding carboxylic acids is 2. The second-order valence-electron chi connectivity index (χ2n) is 8.44. The number of esters is 1. The van der Waals surface area contributed by atoms with Gasteiger partial charge in [0.25, 0.3) is 5.91 Å². The Hall–Kier alpha value is -3.44. The van der Waals surface area contributed by atoms with Crippen molar-refractivity contribution < 1.29 is 14.3 Å². The maximum absolute atomic E-state index is 13.8. The Morgan fingerprint density at radius 1 is 0.879 bits per heavy atom. The lowest BCUT2D eigenvalue weighted by Gasteiger charge is -2.39. The van der Waals surface area contributed by atoms with E-state index in [4.69, 9.17) is 4.74 Å². The lowest BCUT2D eigenvalue weighted by molar-refractivity contribution is -0.156. The topological polar surface area (TPSA) is 49.9 Å². The number of ether oxygens (including phenoxy) is 1. The normalized spacial score (nSPS) is 18.1. The molecule has 0 aliphatic carbocycles. The molecular formula is C28H30N2O3. The van der Waals surface area contributed by atoms with E-state index in [1.165, 1.54) is 5.56 Å². The van der Waals surface area contributed by atoms with Gasteiger partial charge in [-0.3, -0.25) is 9.69 Å². The van der Waals surface area contributed by atoms with Gasteiger partial charge < -0.3 is 9.64 Å². The lowest BCUT2D eigenvalue weighted by Crippen LogP contribution is -2.59. The predicted octanol–water partition coefficient (Wildman–Crippen LogP) is 4.54. The van der Waals surface area contributed by atoms with Crippen LogP contribution in [0.15, 0.2) is 91.0 Å². The Morgan fingerprint density at radius 2 is 1.45 bits per heavy atom. The van der Waals surface area contributed by atoms with Crippen molar-refractivity contribution in [3.63, 3.8) is 0 Å².